The van der Waals surface area contributed by atoms with Crippen molar-refractivity contribution < 1.29 is 19.4 Å². The molecule has 4 unspecified atom stereocenters. The smallest absolute Gasteiger partial charge is 0.311 e. The Morgan fingerprint density at radius 3 is 2.68 bits per heavy atom. The van der Waals surface area contributed by atoms with Crippen LogP contribution < -0.4 is 0 Å². The zero-order valence-electron chi connectivity index (χ0n) is 11.4. The largest absolute Gasteiger partial charge is 0.438 e. The van der Waals surface area contributed by atoms with Gasteiger partial charge in [-0.2, -0.15) is 0 Å². The third-order valence-electron chi connectivity index (χ3n) is 4.98. The first kappa shape index (κ1) is 13.1. The van der Waals surface area contributed by atoms with E-state index in [-0.39, 0.29) is 36.1 Å². The van der Waals surface area contributed by atoms with Gasteiger partial charge in [-0.3, -0.25) is 4.79 Å². The lowest BCUT2D eigenvalue weighted by molar-refractivity contribution is -0.175. The predicted molar refractivity (Wildman–Crippen MR) is 69.2 cm³/mol. The molecule has 19 heavy (non-hydrogen) atoms. The van der Waals surface area contributed by atoms with Crippen LogP contribution in [0.15, 0.2) is 12.2 Å². The molecule has 1 N–H and O–H groups in total. The number of hydrogen-bond acceptors (Lipinski definition) is 4. The second-order valence-corrected chi connectivity index (χ2v) is 6.34. The zero-order chi connectivity index (χ0) is 13.5. The van der Waals surface area contributed by atoms with Gasteiger partial charge in [-0.05, 0) is 26.2 Å². The van der Waals surface area contributed by atoms with Crippen LogP contribution in [0.2, 0.25) is 0 Å². The highest BCUT2D eigenvalue weighted by atomic mass is 16.7. The molecule has 4 heteroatoms. The van der Waals surface area contributed by atoms with E-state index in [0.29, 0.717) is 6.42 Å². The Balaban J connectivity index is 1.46. The Morgan fingerprint density at radius 2 is 2.11 bits per heavy atom. The minimum atomic E-state index is -0.397. The summed E-state index contributed by atoms with van der Waals surface area (Å²) in [6.45, 7) is 2.13. The zero-order valence-corrected chi connectivity index (χ0v) is 11.4. The van der Waals surface area contributed by atoms with Crippen molar-refractivity contribution in [3.8, 4) is 0 Å². The second kappa shape index (κ2) is 4.91. The van der Waals surface area contributed by atoms with Crippen molar-refractivity contribution in [1.82, 2.24) is 0 Å². The number of hydrogen-bond donors (Lipinski definition) is 1. The molecular weight excluding hydrogens is 244 g/mol. The van der Waals surface area contributed by atoms with E-state index < -0.39 is 6.10 Å². The van der Waals surface area contributed by atoms with Gasteiger partial charge in [0.25, 0.3) is 0 Å². The molecule has 3 rings (SSSR count). The van der Waals surface area contributed by atoms with Crippen LogP contribution in [0.25, 0.3) is 0 Å². The normalized spacial score (nSPS) is 38.8. The maximum atomic E-state index is 12.0. The van der Waals surface area contributed by atoms with Crippen LogP contribution >= 0.6 is 0 Å². The molecule has 0 amide bonds. The summed E-state index contributed by atoms with van der Waals surface area (Å²) in [5.41, 5.74) is -0.117. The first-order valence-corrected chi connectivity index (χ1v) is 7.26. The average Bonchev–Trinajstić information content (AvgIpc) is 3.05. The average molecular weight is 266 g/mol. The van der Waals surface area contributed by atoms with Crippen LogP contribution in [0.1, 0.15) is 39.0 Å². The molecule has 2 bridgehead atoms. The monoisotopic (exact) mass is 266 g/mol. The molecule has 3 aliphatic carbocycles. The first-order valence-electron chi connectivity index (χ1n) is 7.26. The molecule has 2 fully saturated rings. The summed E-state index contributed by atoms with van der Waals surface area (Å²) < 4.78 is 11.0. The molecule has 0 spiro atoms. The van der Waals surface area contributed by atoms with Gasteiger partial charge in [0, 0.05) is 11.8 Å². The van der Waals surface area contributed by atoms with E-state index in [0.717, 1.165) is 12.8 Å². The lowest BCUT2D eigenvalue weighted by atomic mass is 9.94. The highest BCUT2D eigenvalue weighted by Gasteiger charge is 2.47. The minimum absolute atomic E-state index is 0.0447. The molecule has 0 radical (unpaired) electrons. The van der Waals surface area contributed by atoms with Gasteiger partial charge in [-0.15, -0.1) is 0 Å². The van der Waals surface area contributed by atoms with Crippen LogP contribution in [0.5, 0.6) is 0 Å². The van der Waals surface area contributed by atoms with E-state index in [1.165, 1.54) is 12.8 Å². The first-order chi connectivity index (χ1) is 9.09. The van der Waals surface area contributed by atoms with Crippen LogP contribution in [0.4, 0.5) is 0 Å². The van der Waals surface area contributed by atoms with E-state index in [1.807, 2.05) is 12.2 Å². The highest BCUT2D eigenvalue weighted by molar-refractivity contribution is 5.74. The lowest BCUT2D eigenvalue weighted by Crippen LogP contribution is -2.29. The Bertz CT molecular complexity index is 384. The fraction of sp³-hybridized carbons (Fsp3) is 0.800. The topological polar surface area (TPSA) is 55.8 Å². The van der Waals surface area contributed by atoms with Crippen molar-refractivity contribution in [2.75, 3.05) is 6.79 Å². The summed E-state index contributed by atoms with van der Waals surface area (Å²) in [5.74, 6) is -0.335. The minimum Gasteiger partial charge on any atom is -0.438 e. The number of carbonyl (C=O) groups is 1. The Morgan fingerprint density at radius 1 is 1.37 bits per heavy atom. The molecule has 2 saturated carbocycles. The van der Waals surface area contributed by atoms with E-state index in [1.54, 1.807) is 0 Å². The van der Waals surface area contributed by atoms with Gasteiger partial charge in [-0.25, -0.2) is 0 Å². The molecule has 3 aliphatic rings. The lowest BCUT2D eigenvalue weighted by Gasteiger charge is -2.24. The number of esters is 1. The van der Waals surface area contributed by atoms with E-state index in [4.69, 9.17) is 9.47 Å². The van der Waals surface area contributed by atoms with E-state index in [9.17, 15) is 9.90 Å². The number of ether oxygens (including phenoxy) is 2. The van der Waals surface area contributed by atoms with Crippen molar-refractivity contribution in [3.05, 3.63) is 12.2 Å². The van der Waals surface area contributed by atoms with Gasteiger partial charge < -0.3 is 14.6 Å². The maximum absolute atomic E-state index is 12.0. The Kier molecular flexibility index (Phi) is 3.39. The van der Waals surface area contributed by atoms with Gasteiger partial charge >= 0.3 is 5.97 Å². The van der Waals surface area contributed by atoms with Gasteiger partial charge in [0.2, 0.25) is 0 Å². The van der Waals surface area contributed by atoms with Crippen LogP contribution in [0.3, 0.4) is 0 Å². The SMILES string of the molecule is CC1(OCOC(=O)C2CC3C=CC2C3O)CCCC1. The van der Waals surface area contributed by atoms with Crippen molar-refractivity contribution >= 4 is 5.97 Å². The molecule has 4 nitrogen and oxygen atoms in total. The number of aliphatic hydroxyl groups is 1. The number of rotatable bonds is 4. The van der Waals surface area contributed by atoms with Gasteiger partial charge in [0.1, 0.15) is 0 Å². The molecule has 0 aromatic heterocycles. The standard InChI is InChI=1S/C15H22O4/c1-15(6-2-3-7-15)19-9-18-14(17)12-8-10-4-5-11(12)13(10)16/h4-5,10-13,16H,2-3,6-9H2,1H3. The fourth-order valence-corrected chi connectivity index (χ4v) is 3.68. The fourth-order valence-electron chi connectivity index (χ4n) is 3.68. The second-order valence-electron chi connectivity index (χ2n) is 6.34. The number of aliphatic hydroxyl groups excluding tert-OH is 1. The van der Waals surface area contributed by atoms with Crippen molar-refractivity contribution in [2.45, 2.75) is 50.7 Å². The highest BCUT2D eigenvalue weighted by Crippen LogP contribution is 2.44. The maximum Gasteiger partial charge on any atom is 0.311 e. The predicted octanol–water partition coefficient (Wildman–Crippen LogP) is 2.02. The molecular formula is C15H22O4. The Hall–Kier alpha value is -0.870. The molecule has 4 atom stereocenters. The van der Waals surface area contributed by atoms with Gasteiger partial charge in [0.05, 0.1) is 17.6 Å². The van der Waals surface area contributed by atoms with Crippen LogP contribution in [-0.2, 0) is 14.3 Å². The van der Waals surface area contributed by atoms with Crippen molar-refractivity contribution in [1.29, 1.82) is 0 Å². The summed E-state index contributed by atoms with van der Waals surface area (Å²) in [7, 11) is 0. The quantitative estimate of drug-likeness (QED) is 0.480. The third-order valence-corrected chi connectivity index (χ3v) is 4.98. The van der Waals surface area contributed by atoms with Crippen LogP contribution in [0, 0.1) is 17.8 Å². The van der Waals surface area contributed by atoms with Gasteiger partial charge in [-0.1, -0.05) is 25.0 Å². The molecule has 0 aromatic carbocycles. The summed E-state index contributed by atoms with van der Waals surface area (Å²) in [5, 5.41) is 9.89. The molecule has 106 valence electrons. The molecule has 0 aliphatic heterocycles. The summed E-state index contributed by atoms with van der Waals surface area (Å²) in [6.07, 6.45) is 8.73. The Labute approximate surface area is 113 Å². The molecule has 0 heterocycles. The van der Waals surface area contributed by atoms with Crippen molar-refractivity contribution in [2.24, 2.45) is 17.8 Å². The van der Waals surface area contributed by atoms with Crippen LogP contribution in [-0.4, -0.2) is 29.6 Å². The number of fused-ring (bicyclic) bond motifs is 2. The van der Waals surface area contributed by atoms with E-state index >= 15 is 0 Å². The van der Waals surface area contributed by atoms with Gasteiger partial charge in [0.15, 0.2) is 6.79 Å². The molecule has 0 saturated heterocycles. The molecule has 0 aromatic rings. The van der Waals surface area contributed by atoms with Crippen molar-refractivity contribution in [3.63, 3.8) is 0 Å². The summed E-state index contributed by atoms with van der Waals surface area (Å²) >= 11 is 0. The summed E-state index contributed by atoms with van der Waals surface area (Å²) in [4.78, 5) is 12.0. The number of carbonyl (C=O) groups excluding carboxylic acids is 1. The third kappa shape index (κ3) is 2.43. The summed E-state index contributed by atoms with van der Waals surface area (Å²) in [6, 6.07) is 0. The van der Waals surface area contributed by atoms with E-state index in [2.05, 4.69) is 6.92 Å².